The molecular weight excluding hydrogens is 264 g/mol. The van der Waals surface area contributed by atoms with Crippen molar-refractivity contribution >= 4 is 6.29 Å². The quantitative estimate of drug-likeness (QED) is 0.508. The van der Waals surface area contributed by atoms with Crippen LogP contribution in [-0.4, -0.2) is 58.1 Å². The molecule has 6 heteroatoms. The zero-order valence-corrected chi connectivity index (χ0v) is 11.7. The summed E-state index contributed by atoms with van der Waals surface area (Å²) in [5.74, 6) is 0.951. The van der Waals surface area contributed by atoms with Gasteiger partial charge in [0, 0.05) is 13.2 Å². The topological polar surface area (TPSA) is 74.2 Å². The molecule has 1 aromatic rings. The number of aliphatic hydroxyl groups is 1. The van der Waals surface area contributed by atoms with Gasteiger partial charge in [-0.15, -0.1) is 0 Å². The molecule has 0 aromatic heterocycles. The number of aliphatic hydroxyl groups excluding tert-OH is 1. The van der Waals surface area contributed by atoms with Crippen LogP contribution in [0.1, 0.15) is 10.4 Å². The summed E-state index contributed by atoms with van der Waals surface area (Å²) in [6.07, 6.45) is -0.0893. The minimum atomic E-state index is -0.780. The predicted molar refractivity (Wildman–Crippen MR) is 72.6 cm³/mol. The van der Waals surface area contributed by atoms with Gasteiger partial charge >= 0.3 is 0 Å². The van der Waals surface area contributed by atoms with Crippen LogP contribution in [-0.2, 0) is 9.47 Å². The average Bonchev–Trinajstić information content (AvgIpc) is 2.49. The molecule has 1 rings (SSSR count). The third-order valence-corrected chi connectivity index (χ3v) is 2.52. The van der Waals surface area contributed by atoms with Crippen LogP contribution in [0.3, 0.4) is 0 Å². The molecule has 0 fully saturated rings. The Morgan fingerprint density at radius 3 is 2.70 bits per heavy atom. The summed E-state index contributed by atoms with van der Waals surface area (Å²) >= 11 is 0. The Bertz CT molecular complexity index is 407. The molecule has 6 nitrogen and oxygen atoms in total. The van der Waals surface area contributed by atoms with Gasteiger partial charge in [-0.05, 0) is 12.1 Å². The largest absolute Gasteiger partial charge is 0.497 e. The highest BCUT2D eigenvalue weighted by Gasteiger charge is 2.09. The summed E-state index contributed by atoms with van der Waals surface area (Å²) in [6, 6.07) is 4.87. The van der Waals surface area contributed by atoms with E-state index in [1.165, 1.54) is 7.11 Å². The van der Waals surface area contributed by atoms with Crippen LogP contribution < -0.4 is 9.47 Å². The van der Waals surface area contributed by atoms with Gasteiger partial charge < -0.3 is 24.1 Å². The Labute approximate surface area is 118 Å². The number of hydrogen-bond donors (Lipinski definition) is 1. The molecule has 0 radical (unpaired) electrons. The Morgan fingerprint density at radius 1 is 1.25 bits per heavy atom. The second kappa shape index (κ2) is 9.30. The lowest BCUT2D eigenvalue weighted by Crippen LogP contribution is -2.24. The van der Waals surface area contributed by atoms with Gasteiger partial charge in [-0.3, -0.25) is 4.79 Å². The zero-order chi connectivity index (χ0) is 14.8. The van der Waals surface area contributed by atoms with Gasteiger partial charge in [0.05, 0.1) is 32.5 Å². The summed E-state index contributed by atoms with van der Waals surface area (Å²) < 4.78 is 20.5. The molecule has 1 aromatic carbocycles. The second-order valence-electron chi connectivity index (χ2n) is 4.05. The Morgan fingerprint density at radius 2 is 2.05 bits per heavy atom. The van der Waals surface area contributed by atoms with Crippen LogP contribution in [0.25, 0.3) is 0 Å². The average molecular weight is 284 g/mol. The molecule has 0 heterocycles. The van der Waals surface area contributed by atoms with Crippen molar-refractivity contribution in [3.05, 3.63) is 23.8 Å². The standard InChI is InChI=1S/C14H20O6/c1-17-5-6-19-9-12(16)10-20-14-7-13(18-2)4-3-11(14)8-15/h3-4,7-8,12,16H,5-6,9-10H2,1-2H3. The number of rotatable bonds is 10. The van der Waals surface area contributed by atoms with E-state index in [-0.39, 0.29) is 13.2 Å². The number of ether oxygens (including phenoxy) is 4. The smallest absolute Gasteiger partial charge is 0.153 e. The molecule has 0 saturated heterocycles. The maximum Gasteiger partial charge on any atom is 0.153 e. The number of carbonyl (C=O) groups excluding carboxylic acids is 1. The lowest BCUT2D eigenvalue weighted by Gasteiger charge is -2.14. The van der Waals surface area contributed by atoms with Crippen molar-refractivity contribution in [3.63, 3.8) is 0 Å². The Kier molecular flexibility index (Phi) is 7.64. The predicted octanol–water partition coefficient (Wildman–Crippen LogP) is 0.910. The van der Waals surface area contributed by atoms with Gasteiger partial charge in [-0.1, -0.05) is 0 Å². The summed E-state index contributed by atoms with van der Waals surface area (Å²) in [4.78, 5) is 10.9. The first-order valence-corrected chi connectivity index (χ1v) is 6.22. The minimum absolute atomic E-state index is 0.0288. The van der Waals surface area contributed by atoms with E-state index in [2.05, 4.69) is 0 Å². The van der Waals surface area contributed by atoms with Crippen molar-refractivity contribution < 1.29 is 28.8 Å². The van der Waals surface area contributed by atoms with E-state index in [1.54, 1.807) is 25.3 Å². The maximum atomic E-state index is 10.9. The van der Waals surface area contributed by atoms with E-state index in [4.69, 9.17) is 18.9 Å². The van der Waals surface area contributed by atoms with Gasteiger partial charge in [0.2, 0.25) is 0 Å². The van der Waals surface area contributed by atoms with E-state index < -0.39 is 6.10 Å². The van der Waals surface area contributed by atoms with E-state index in [9.17, 15) is 9.90 Å². The number of benzene rings is 1. The van der Waals surface area contributed by atoms with Crippen LogP contribution in [0.2, 0.25) is 0 Å². The molecule has 0 amide bonds. The van der Waals surface area contributed by atoms with E-state index >= 15 is 0 Å². The highest BCUT2D eigenvalue weighted by molar-refractivity contribution is 5.79. The van der Waals surface area contributed by atoms with Gasteiger partial charge in [0.15, 0.2) is 6.29 Å². The van der Waals surface area contributed by atoms with Gasteiger partial charge in [-0.2, -0.15) is 0 Å². The van der Waals surface area contributed by atoms with Crippen LogP contribution in [0.5, 0.6) is 11.5 Å². The first kappa shape index (κ1) is 16.4. The third kappa shape index (κ3) is 5.56. The van der Waals surface area contributed by atoms with Crippen molar-refractivity contribution in [2.24, 2.45) is 0 Å². The highest BCUT2D eigenvalue weighted by Crippen LogP contribution is 2.23. The van der Waals surface area contributed by atoms with Crippen LogP contribution >= 0.6 is 0 Å². The molecule has 0 spiro atoms. The molecule has 0 saturated carbocycles. The van der Waals surface area contributed by atoms with Crippen molar-refractivity contribution in [2.75, 3.05) is 40.6 Å². The minimum Gasteiger partial charge on any atom is -0.497 e. The molecular formula is C14H20O6. The number of methoxy groups -OCH3 is 2. The Hall–Kier alpha value is -1.63. The first-order chi connectivity index (χ1) is 9.71. The summed E-state index contributed by atoms with van der Waals surface area (Å²) in [7, 11) is 3.10. The lowest BCUT2D eigenvalue weighted by molar-refractivity contribution is -0.00429. The molecule has 1 atom stereocenters. The maximum absolute atomic E-state index is 10.9. The zero-order valence-electron chi connectivity index (χ0n) is 11.7. The molecule has 20 heavy (non-hydrogen) atoms. The number of carbonyl (C=O) groups is 1. The van der Waals surface area contributed by atoms with Crippen molar-refractivity contribution in [3.8, 4) is 11.5 Å². The number of aldehydes is 1. The molecule has 1 N–H and O–H groups in total. The van der Waals surface area contributed by atoms with Crippen molar-refractivity contribution in [1.82, 2.24) is 0 Å². The van der Waals surface area contributed by atoms with Gasteiger partial charge in [0.1, 0.15) is 24.2 Å². The Balaban J connectivity index is 2.45. The second-order valence-corrected chi connectivity index (χ2v) is 4.05. The van der Waals surface area contributed by atoms with E-state index in [1.807, 2.05) is 0 Å². The molecule has 0 aliphatic heterocycles. The summed E-state index contributed by atoms with van der Waals surface area (Å²) in [6.45, 7) is 1.05. The molecule has 1 unspecified atom stereocenters. The van der Waals surface area contributed by atoms with Crippen LogP contribution in [0, 0.1) is 0 Å². The van der Waals surface area contributed by atoms with E-state index in [0.717, 1.165) is 0 Å². The molecule has 0 bridgehead atoms. The first-order valence-electron chi connectivity index (χ1n) is 6.22. The fraction of sp³-hybridized carbons (Fsp3) is 0.500. The lowest BCUT2D eigenvalue weighted by atomic mass is 10.2. The monoisotopic (exact) mass is 284 g/mol. The van der Waals surface area contributed by atoms with Crippen LogP contribution in [0.4, 0.5) is 0 Å². The molecule has 0 aliphatic rings. The normalized spacial score (nSPS) is 11.9. The molecule has 0 aliphatic carbocycles. The fourth-order valence-corrected chi connectivity index (χ4v) is 1.46. The van der Waals surface area contributed by atoms with E-state index in [0.29, 0.717) is 36.6 Å². The number of hydrogen-bond acceptors (Lipinski definition) is 6. The summed E-state index contributed by atoms with van der Waals surface area (Å²) in [5, 5.41) is 9.69. The van der Waals surface area contributed by atoms with Crippen molar-refractivity contribution in [2.45, 2.75) is 6.10 Å². The molecule has 112 valence electrons. The highest BCUT2D eigenvalue weighted by atomic mass is 16.5. The van der Waals surface area contributed by atoms with Crippen molar-refractivity contribution in [1.29, 1.82) is 0 Å². The fourth-order valence-electron chi connectivity index (χ4n) is 1.46. The summed E-state index contributed by atoms with van der Waals surface area (Å²) in [5.41, 5.74) is 0.401. The van der Waals surface area contributed by atoms with Gasteiger partial charge in [-0.25, -0.2) is 0 Å². The SMILES string of the molecule is COCCOCC(O)COc1cc(OC)ccc1C=O. The van der Waals surface area contributed by atoms with Crippen LogP contribution in [0.15, 0.2) is 18.2 Å². The third-order valence-electron chi connectivity index (χ3n) is 2.52. The van der Waals surface area contributed by atoms with Gasteiger partial charge in [0.25, 0.3) is 0 Å².